The van der Waals surface area contributed by atoms with Crippen molar-refractivity contribution >= 4 is 11.6 Å². The lowest BCUT2D eigenvalue weighted by Gasteiger charge is -2.12. The summed E-state index contributed by atoms with van der Waals surface area (Å²) in [6.45, 7) is 7.55. The Balaban J connectivity index is 2.16. The van der Waals surface area contributed by atoms with Gasteiger partial charge in [-0.3, -0.25) is 9.89 Å². The molecule has 1 amide bonds. The van der Waals surface area contributed by atoms with Gasteiger partial charge < -0.3 is 5.32 Å². The number of aromatic amines is 1. The van der Waals surface area contributed by atoms with Crippen LogP contribution < -0.4 is 5.32 Å². The summed E-state index contributed by atoms with van der Waals surface area (Å²) < 4.78 is 13.2. The van der Waals surface area contributed by atoms with Gasteiger partial charge in [-0.25, -0.2) is 9.37 Å². The highest BCUT2D eigenvalue weighted by Gasteiger charge is 2.21. The number of nitrogens with zero attached hydrogens (tertiary/aromatic N) is 2. The average Bonchev–Trinajstić information content (AvgIpc) is 2.83. The number of carbonyl (C=O) groups excluding carboxylic acids is 1. The SMILES string of the molecule is Cc1cc(NC(=O)c2n[nH]c(C(C)(C)C)n2)ccc1F. The Hall–Kier alpha value is -2.24. The normalized spacial score (nSPS) is 11.4. The molecule has 0 bridgehead atoms. The minimum atomic E-state index is -0.428. The van der Waals surface area contributed by atoms with Crippen molar-refractivity contribution in [3.8, 4) is 0 Å². The molecule has 0 aliphatic rings. The monoisotopic (exact) mass is 276 g/mol. The van der Waals surface area contributed by atoms with Crippen LogP contribution in [0.25, 0.3) is 0 Å². The van der Waals surface area contributed by atoms with Crippen LogP contribution >= 0.6 is 0 Å². The molecule has 6 heteroatoms. The van der Waals surface area contributed by atoms with Crippen LogP contribution in [0.3, 0.4) is 0 Å². The fourth-order valence-electron chi connectivity index (χ4n) is 1.61. The Kier molecular flexibility index (Phi) is 3.57. The number of carbonyl (C=O) groups is 1. The summed E-state index contributed by atoms with van der Waals surface area (Å²) in [4.78, 5) is 16.2. The van der Waals surface area contributed by atoms with Gasteiger partial charge in [0.2, 0.25) is 5.82 Å². The summed E-state index contributed by atoms with van der Waals surface area (Å²) in [5.74, 6) is -0.0338. The lowest BCUT2D eigenvalue weighted by Crippen LogP contribution is -2.16. The summed E-state index contributed by atoms with van der Waals surface area (Å²) >= 11 is 0. The van der Waals surface area contributed by atoms with E-state index in [2.05, 4.69) is 20.5 Å². The Morgan fingerprint density at radius 3 is 2.60 bits per heavy atom. The molecule has 1 aromatic heterocycles. The molecule has 2 N–H and O–H groups in total. The fraction of sp³-hybridized carbons (Fsp3) is 0.357. The molecule has 0 radical (unpaired) electrons. The van der Waals surface area contributed by atoms with Gasteiger partial charge in [-0.2, -0.15) is 0 Å². The van der Waals surface area contributed by atoms with Crippen molar-refractivity contribution in [1.29, 1.82) is 0 Å². The van der Waals surface area contributed by atoms with Gasteiger partial charge in [0.05, 0.1) is 0 Å². The third-order valence-electron chi connectivity index (χ3n) is 2.81. The second-order valence-electron chi connectivity index (χ2n) is 5.68. The van der Waals surface area contributed by atoms with Gasteiger partial charge in [0.25, 0.3) is 5.91 Å². The second kappa shape index (κ2) is 5.03. The van der Waals surface area contributed by atoms with Gasteiger partial charge in [-0.05, 0) is 30.7 Å². The standard InChI is InChI=1S/C14H17FN4O/c1-8-7-9(5-6-10(8)15)16-12(20)11-17-13(19-18-11)14(2,3)4/h5-7H,1-4H3,(H,16,20)(H,17,18,19). The Bertz CT molecular complexity index is 643. The van der Waals surface area contributed by atoms with E-state index in [9.17, 15) is 9.18 Å². The maximum Gasteiger partial charge on any atom is 0.295 e. The first kappa shape index (κ1) is 14.2. The number of nitrogens with one attached hydrogen (secondary N) is 2. The third kappa shape index (κ3) is 3.01. The molecule has 1 aromatic carbocycles. The highest BCUT2D eigenvalue weighted by Crippen LogP contribution is 2.18. The molecule has 106 valence electrons. The van der Waals surface area contributed by atoms with Crippen LogP contribution in [0.1, 0.15) is 42.8 Å². The van der Waals surface area contributed by atoms with Crippen LogP contribution in [0.2, 0.25) is 0 Å². The molecule has 20 heavy (non-hydrogen) atoms. The van der Waals surface area contributed by atoms with E-state index < -0.39 is 5.91 Å². The van der Waals surface area contributed by atoms with Crippen molar-refractivity contribution in [2.75, 3.05) is 5.32 Å². The predicted octanol–water partition coefficient (Wildman–Crippen LogP) is 2.80. The molecule has 0 aliphatic carbocycles. The van der Waals surface area contributed by atoms with Crippen LogP contribution in [0, 0.1) is 12.7 Å². The zero-order valence-corrected chi connectivity index (χ0v) is 11.9. The van der Waals surface area contributed by atoms with Crippen LogP contribution in [0.5, 0.6) is 0 Å². The minimum absolute atomic E-state index is 0.0666. The van der Waals surface area contributed by atoms with Crippen molar-refractivity contribution in [3.05, 3.63) is 41.2 Å². The van der Waals surface area contributed by atoms with Gasteiger partial charge >= 0.3 is 0 Å². The summed E-state index contributed by atoms with van der Waals surface area (Å²) in [5, 5.41) is 9.29. The first-order chi connectivity index (χ1) is 9.27. The maximum absolute atomic E-state index is 13.2. The van der Waals surface area contributed by atoms with Gasteiger partial charge in [-0.1, -0.05) is 20.8 Å². The van der Waals surface area contributed by atoms with E-state index >= 15 is 0 Å². The number of hydrogen-bond acceptors (Lipinski definition) is 3. The van der Waals surface area contributed by atoms with Crippen molar-refractivity contribution in [2.24, 2.45) is 0 Å². The minimum Gasteiger partial charge on any atom is -0.319 e. The van der Waals surface area contributed by atoms with Gasteiger partial charge in [0.15, 0.2) is 0 Å². The van der Waals surface area contributed by atoms with Crippen molar-refractivity contribution in [2.45, 2.75) is 33.1 Å². The Morgan fingerprint density at radius 1 is 1.35 bits per heavy atom. The second-order valence-corrected chi connectivity index (χ2v) is 5.68. The summed E-state index contributed by atoms with van der Waals surface area (Å²) in [6.07, 6.45) is 0. The molecule has 0 saturated carbocycles. The van der Waals surface area contributed by atoms with E-state index in [4.69, 9.17) is 0 Å². The molecular formula is C14H17FN4O. The number of benzene rings is 1. The molecule has 0 unspecified atom stereocenters. The maximum atomic E-state index is 13.2. The van der Waals surface area contributed by atoms with Crippen molar-refractivity contribution in [1.82, 2.24) is 15.2 Å². The summed E-state index contributed by atoms with van der Waals surface area (Å²) in [7, 11) is 0. The lowest BCUT2D eigenvalue weighted by molar-refractivity contribution is 0.101. The fourth-order valence-corrected chi connectivity index (χ4v) is 1.61. The van der Waals surface area contributed by atoms with E-state index in [0.29, 0.717) is 17.1 Å². The number of halogens is 1. The molecule has 5 nitrogen and oxygen atoms in total. The van der Waals surface area contributed by atoms with E-state index in [-0.39, 0.29) is 17.1 Å². The van der Waals surface area contributed by atoms with E-state index in [0.717, 1.165) is 0 Å². The molecule has 1 heterocycles. The number of aryl methyl sites for hydroxylation is 1. The molecule has 0 spiro atoms. The summed E-state index contributed by atoms with van der Waals surface area (Å²) in [6, 6.07) is 4.37. The van der Waals surface area contributed by atoms with Crippen LogP contribution in [-0.2, 0) is 5.41 Å². The Morgan fingerprint density at radius 2 is 2.05 bits per heavy atom. The summed E-state index contributed by atoms with van der Waals surface area (Å²) in [5.41, 5.74) is 0.766. The predicted molar refractivity (Wildman–Crippen MR) is 74.2 cm³/mol. The molecule has 0 fully saturated rings. The zero-order valence-electron chi connectivity index (χ0n) is 11.9. The molecule has 0 aliphatic heterocycles. The molecule has 2 rings (SSSR count). The van der Waals surface area contributed by atoms with Crippen molar-refractivity contribution < 1.29 is 9.18 Å². The molecule has 0 saturated heterocycles. The smallest absolute Gasteiger partial charge is 0.295 e. The van der Waals surface area contributed by atoms with Crippen LogP contribution in [-0.4, -0.2) is 21.1 Å². The molecule has 0 atom stereocenters. The van der Waals surface area contributed by atoms with E-state index in [1.807, 2.05) is 20.8 Å². The molecule has 2 aromatic rings. The zero-order chi connectivity index (χ0) is 14.9. The number of anilines is 1. The highest BCUT2D eigenvalue weighted by molar-refractivity contribution is 6.01. The number of rotatable bonds is 2. The van der Waals surface area contributed by atoms with Gasteiger partial charge in [0, 0.05) is 11.1 Å². The quantitative estimate of drug-likeness (QED) is 0.886. The van der Waals surface area contributed by atoms with Crippen molar-refractivity contribution in [3.63, 3.8) is 0 Å². The first-order valence-electron chi connectivity index (χ1n) is 6.28. The Labute approximate surface area is 116 Å². The van der Waals surface area contributed by atoms with Crippen LogP contribution in [0.4, 0.5) is 10.1 Å². The number of H-pyrrole nitrogens is 1. The van der Waals surface area contributed by atoms with E-state index in [1.54, 1.807) is 13.0 Å². The number of aromatic nitrogens is 3. The largest absolute Gasteiger partial charge is 0.319 e. The van der Waals surface area contributed by atoms with E-state index in [1.165, 1.54) is 12.1 Å². The first-order valence-corrected chi connectivity index (χ1v) is 6.28. The topological polar surface area (TPSA) is 70.7 Å². The average molecular weight is 276 g/mol. The number of hydrogen-bond donors (Lipinski definition) is 2. The number of amides is 1. The van der Waals surface area contributed by atoms with Crippen LogP contribution in [0.15, 0.2) is 18.2 Å². The van der Waals surface area contributed by atoms with Gasteiger partial charge in [0.1, 0.15) is 11.6 Å². The lowest BCUT2D eigenvalue weighted by atomic mass is 9.96. The van der Waals surface area contributed by atoms with Gasteiger partial charge in [-0.15, -0.1) is 5.10 Å². The molecular weight excluding hydrogens is 259 g/mol. The third-order valence-corrected chi connectivity index (χ3v) is 2.81. The highest BCUT2D eigenvalue weighted by atomic mass is 19.1.